The van der Waals surface area contributed by atoms with Crippen LogP contribution in [0, 0.1) is 13.8 Å². The first-order chi connectivity index (χ1) is 20.9. The van der Waals surface area contributed by atoms with Gasteiger partial charge < -0.3 is 19.2 Å². The van der Waals surface area contributed by atoms with Gasteiger partial charge in [0.05, 0.1) is 0 Å². The molecular formula is C32H30N6O5. The van der Waals surface area contributed by atoms with Crippen molar-refractivity contribution in [2.24, 2.45) is 0 Å². The number of fused-ring (bicyclic) bond motifs is 1. The normalized spacial score (nSPS) is 12.9. The Morgan fingerprint density at radius 3 is 2.44 bits per heavy atom. The summed E-state index contributed by atoms with van der Waals surface area (Å²) in [7, 11) is 0. The fourth-order valence-corrected chi connectivity index (χ4v) is 4.83. The molecule has 0 aliphatic carbocycles. The van der Waals surface area contributed by atoms with Gasteiger partial charge in [0.1, 0.15) is 31.6 Å². The molecule has 0 spiro atoms. The highest BCUT2D eigenvalue weighted by Crippen LogP contribution is 2.37. The van der Waals surface area contributed by atoms with E-state index < -0.39 is 11.9 Å². The molecule has 5 aromatic rings. The van der Waals surface area contributed by atoms with E-state index in [4.69, 9.17) is 13.9 Å². The van der Waals surface area contributed by atoms with Gasteiger partial charge in [-0.25, -0.2) is 0 Å². The summed E-state index contributed by atoms with van der Waals surface area (Å²) in [6, 6.07) is 24.8. The van der Waals surface area contributed by atoms with Crippen LogP contribution < -0.4 is 19.7 Å². The Labute approximate surface area is 248 Å². The minimum absolute atomic E-state index is 0.252. The minimum Gasteiger partial charge on any atom is -0.486 e. The number of hydrogen-bond donors (Lipinski definition) is 1. The Morgan fingerprint density at radius 2 is 1.70 bits per heavy atom. The lowest BCUT2D eigenvalue weighted by molar-refractivity contribution is -0.127. The monoisotopic (exact) mass is 578 g/mol. The molecule has 1 aliphatic heterocycles. The van der Waals surface area contributed by atoms with E-state index in [1.807, 2.05) is 68.4 Å². The van der Waals surface area contributed by atoms with E-state index in [0.717, 1.165) is 11.1 Å². The maximum absolute atomic E-state index is 14.2. The van der Waals surface area contributed by atoms with Gasteiger partial charge >= 0.3 is 0 Å². The van der Waals surface area contributed by atoms with Crippen molar-refractivity contribution in [3.63, 3.8) is 0 Å². The van der Waals surface area contributed by atoms with Crippen LogP contribution in [-0.4, -0.2) is 45.2 Å². The number of benzene rings is 3. The van der Waals surface area contributed by atoms with E-state index in [1.54, 1.807) is 30.3 Å². The number of anilines is 1. The number of hydrogen-bond acceptors (Lipinski definition) is 8. The molecule has 2 aromatic heterocycles. The molecule has 0 fully saturated rings. The topological polar surface area (TPSA) is 125 Å². The summed E-state index contributed by atoms with van der Waals surface area (Å²) in [6.45, 7) is 4.60. The number of nitrogens with one attached hydrogen (secondary N) is 1. The molecular weight excluding hydrogens is 548 g/mol. The van der Waals surface area contributed by atoms with Gasteiger partial charge in [-0.2, -0.15) is 4.80 Å². The second-order valence-corrected chi connectivity index (χ2v) is 10.2. The Hall–Kier alpha value is -5.45. The average molecular weight is 579 g/mol. The van der Waals surface area contributed by atoms with Crippen molar-refractivity contribution in [3.05, 3.63) is 107 Å². The zero-order valence-electron chi connectivity index (χ0n) is 23.8. The second kappa shape index (κ2) is 12.2. The molecule has 0 saturated carbocycles. The zero-order valence-corrected chi connectivity index (χ0v) is 23.8. The van der Waals surface area contributed by atoms with Crippen molar-refractivity contribution in [2.45, 2.75) is 33.0 Å². The van der Waals surface area contributed by atoms with E-state index in [1.165, 1.54) is 9.70 Å². The molecule has 218 valence electrons. The first-order valence-electron chi connectivity index (χ1n) is 13.9. The van der Waals surface area contributed by atoms with Gasteiger partial charge in [-0.1, -0.05) is 60.2 Å². The predicted molar refractivity (Wildman–Crippen MR) is 157 cm³/mol. The average Bonchev–Trinajstić information content (AvgIpc) is 3.68. The molecule has 6 rings (SSSR count). The number of tetrazole rings is 1. The van der Waals surface area contributed by atoms with Crippen molar-refractivity contribution in [2.75, 3.05) is 18.1 Å². The standard InChI is InChI=1S/C32H30N6O5/c1-21-8-11-24(12-9-21)30(32(40)33-19-23-6-4-3-5-7-23)38(25-13-15-26-28(18-25)42-17-16-41-26)29(39)20-37-35-31(34-36-37)27-14-10-22(2)43-27/h3-15,18,30H,16-17,19-20H2,1-2H3,(H,33,40)/t30-/m1/s1. The molecule has 43 heavy (non-hydrogen) atoms. The summed E-state index contributed by atoms with van der Waals surface area (Å²) >= 11 is 0. The second-order valence-electron chi connectivity index (χ2n) is 10.2. The minimum atomic E-state index is -1.02. The van der Waals surface area contributed by atoms with Crippen LogP contribution in [0.2, 0.25) is 0 Å². The van der Waals surface area contributed by atoms with E-state index in [2.05, 4.69) is 20.7 Å². The zero-order chi connectivity index (χ0) is 29.8. The first-order valence-corrected chi connectivity index (χ1v) is 13.9. The number of aromatic nitrogens is 4. The molecule has 1 N–H and O–H groups in total. The highest BCUT2D eigenvalue weighted by Gasteiger charge is 2.34. The van der Waals surface area contributed by atoms with E-state index in [0.29, 0.717) is 54.0 Å². The molecule has 0 unspecified atom stereocenters. The van der Waals surface area contributed by atoms with Gasteiger partial charge in [0.25, 0.3) is 5.91 Å². The molecule has 11 nitrogen and oxygen atoms in total. The number of carbonyl (C=O) groups is 2. The van der Waals surface area contributed by atoms with Crippen LogP contribution in [0.1, 0.15) is 28.5 Å². The van der Waals surface area contributed by atoms with Crippen LogP contribution in [0.4, 0.5) is 5.69 Å². The van der Waals surface area contributed by atoms with E-state index >= 15 is 0 Å². The molecule has 2 amide bonds. The van der Waals surface area contributed by atoms with Crippen molar-refractivity contribution >= 4 is 17.5 Å². The number of nitrogens with zero attached hydrogens (tertiary/aromatic N) is 5. The third-order valence-corrected chi connectivity index (χ3v) is 6.97. The number of carbonyl (C=O) groups excluding carboxylic acids is 2. The van der Waals surface area contributed by atoms with Crippen LogP contribution in [0.5, 0.6) is 11.5 Å². The Bertz CT molecular complexity index is 1730. The van der Waals surface area contributed by atoms with Crippen LogP contribution >= 0.6 is 0 Å². The van der Waals surface area contributed by atoms with Crippen molar-refractivity contribution in [1.29, 1.82) is 0 Å². The molecule has 3 aromatic carbocycles. The summed E-state index contributed by atoms with van der Waals surface area (Å²) in [5, 5.41) is 15.5. The number of rotatable bonds is 9. The van der Waals surface area contributed by atoms with Gasteiger partial charge in [0.15, 0.2) is 17.3 Å². The summed E-state index contributed by atoms with van der Waals surface area (Å²) in [5.74, 6) is 1.67. The highest BCUT2D eigenvalue weighted by molar-refractivity contribution is 6.01. The van der Waals surface area contributed by atoms with Crippen LogP contribution in [0.3, 0.4) is 0 Å². The molecule has 3 heterocycles. The highest BCUT2D eigenvalue weighted by atomic mass is 16.6. The Balaban J connectivity index is 1.37. The lowest BCUT2D eigenvalue weighted by Crippen LogP contribution is -2.45. The molecule has 11 heteroatoms. The van der Waals surface area contributed by atoms with Crippen molar-refractivity contribution in [1.82, 2.24) is 25.5 Å². The number of furan rings is 1. The molecule has 0 bridgehead atoms. The molecule has 1 atom stereocenters. The Kier molecular flexibility index (Phi) is 7.86. The predicted octanol–water partition coefficient (Wildman–Crippen LogP) is 4.41. The Morgan fingerprint density at radius 1 is 0.930 bits per heavy atom. The molecule has 1 aliphatic rings. The maximum Gasteiger partial charge on any atom is 0.251 e. The van der Waals surface area contributed by atoms with Gasteiger partial charge in [0, 0.05) is 18.3 Å². The largest absolute Gasteiger partial charge is 0.486 e. The van der Waals surface area contributed by atoms with Gasteiger partial charge in [-0.3, -0.25) is 14.5 Å². The smallest absolute Gasteiger partial charge is 0.251 e. The fraction of sp³-hybridized carbons (Fsp3) is 0.219. The number of ether oxygens (including phenoxy) is 2. The van der Waals surface area contributed by atoms with Crippen LogP contribution in [-0.2, 0) is 22.7 Å². The third kappa shape index (κ3) is 6.25. The van der Waals surface area contributed by atoms with Gasteiger partial charge in [0.2, 0.25) is 11.7 Å². The summed E-state index contributed by atoms with van der Waals surface area (Å²) in [5.41, 5.74) is 3.05. The SMILES string of the molecule is Cc1ccc([C@H](C(=O)NCc2ccccc2)N(C(=O)Cn2nnc(-c3ccc(C)o3)n2)c2ccc3c(c2)OCCO3)cc1. The third-order valence-electron chi connectivity index (χ3n) is 6.97. The van der Waals surface area contributed by atoms with Gasteiger partial charge in [-0.05, 0) is 54.5 Å². The maximum atomic E-state index is 14.2. The lowest BCUT2D eigenvalue weighted by atomic mass is 10.0. The quantitative estimate of drug-likeness (QED) is 0.273. The van der Waals surface area contributed by atoms with E-state index in [9.17, 15) is 9.59 Å². The van der Waals surface area contributed by atoms with Crippen molar-refractivity contribution in [3.8, 4) is 23.1 Å². The number of amides is 2. The van der Waals surface area contributed by atoms with Gasteiger partial charge in [-0.15, -0.1) is 10.2 Å². The number of aryl methyl sites for hydroxylation is 2. The fourth-order valence-electron chi connectivity index (χ4n) is 4.83. The molecule has 0 radical (unpaired) electrons. The lowest BCUT2D eigenvalue weighted by Gasteiger charge is -2.32. The molecule has 0 saturated heterocycles. The summed E-state index contributed by atoms with van der Waals surface area (Å²) in [4.78, 5) is 30.9. The van der Waals surface area contributed by atoms with Crippen molar-refractivity contribution < 1.29 is 23.5 Å². The summed E-state index contributed by atoms with van der Waals surface area (Å²) in [6.07, 6.45) is 0. The first kappa shape index (κ1) is 27.7. The van der Waals surface area contributed by atoms with Crippen LogP contribution in [0.15, 0.2) is 89.3 Å². The van der Waals surface area contributed by atoms with E-state index in [-0.39, 0.29) is 18.3 Å². The van der Waals surface area contributed by atoms with Crippen LogP contribution in [0.25, 0.3) is 11.6 Å². The summed E-state index contributed by atoms with van der Waals surface area (Å²) < 4.78 is 17.1.